The Morgan fingerprint density at radius 3 is 1.14 bits per heavy atom. The van der Waals surface area contributed by atoms with E-state index in [-0.39, 0.29) is 6.61 Å². The highest BCUT2D eigenvalue weighted by Gasteiger charge is 2.55. The first-order chi connectivity index (χ1) is 24.3. The second-order valence-corrected chi connectivity index (χ2v) is 12.8. The second kappa shape index (κ2) is 19.6. The summed E-state index contributed by atoms with van der Waals surface area (Å²) in [5, 5.41) is 135. The lowest BCUT2D eigenvalue weighted by Crippen LogP contribution is -2.67. The smallest absolute Gasteiger partial charge is 0.187 e. The number of rotatable bonds is 16. The Morgan fingerprint density at radius 1 is 0.392 bits per heavy atom. The standard InChI is InChI=1S/C29H53NO21/c30-4-2-1-3-5-44-26-20(41)16(37)23(11(7-32)46-26)50-28-22(43)18(39)25(13(9-34)48-28)51-29-21(42)17(38)24(12(8-33)47-29)49-27-19(40)15(36)14(35)10(6-31)45-27/h10-29,31-43H,1-9,30H2/t10?,11?,12?,13?,14-,15?,16?,17?,18?,19?,20?,21?,22?,23-,24-,25+,26-,27+,28-,29-/m1/s1. The van der Waals surface area contributed by atoms with Crippen LogP contribution >= 0.6 is 0 Å². The number of hydrogen-bond donors (Lipinski definition) is 14. The van der Waals surface area contributed by atoms with Crippen LogP contribution in [0.25, 0.3) is 0 Å². The minimum Gasteiger partial charge on any atom is -0.394 e. The number of unbranched alkanes of at least 4 members (excludes halogenated alkanes) is 2. The molecule has 0 aromatic rings. The molecule has 4 saturated heterocycles. The molecular formula is C29H53NO21. The van der Waals surface area contributed by atoms with Crippen molar-refractivity contribution in [1.29, 1.82) is 0 Å². The Hall–Kier alpha value is -0.880. The molecule has 0 saturated carbocycles. The van der Waals surface area contributed by atoms with Crippen molar-refractivity contribution in [3.05, 3.63) is 0 Å². The van der Waals surface area contributed by atoms with Crippen LogP contribution in [-0.2, 0) is 37.9 Å². The number of hydrogen-bond acceptors (Lipinski definition) is 22. The molecule has 0 aliphatic carbocycles. The topological polar surface area (TPSA) is 363 Å². The molecule has 22 heteroatoms. The molecule has 20 atom stereocenters. The maximum absolute atomic E-state index is 11.0. The van der Waals surface area contributed by atoms with Gasteiger partial charge in [0.1, 0.15) is 97.7 Å². The molecule has 4 aliphatic heterocycles. The molecular weight excluding hydrogens is 698 g/mol. The fraction of sp³-hybridized carbons (Fsp3) is 1.00. The number of aliphatic hydroxyl groups excluding tert-OH is 13. The minimum atomic E-state index is -2.02. The summed E-state index contributed by atoms with van der Waals surface area (Å²) in [6.07, 6.45) is -32.0. The van der Waals surface area contributed by atoms with Crippen molar-refractivity contribution in [3.63, 3.8) is 0 Å². The lowest BCUT2D eigenvalue weighted by Gasteiger charge is -2.49. The van der Waals surface area contributed by atoms with Gasteiger partial charge in [0.15, 0.2) is 25.2 Å². The molecule has 4 fully saturated rings. The number of aliphatic hydroxyl groups is 13. The summed E-state index contributed by atoms with van der Waals surface area (Å²) in [5.74, 6) is 0. The lowest BCUT2D eigenvalue weighted by atomic mass is 9.95. The molecule has 0 bridgehead atoms. The van der Waals surface area contributed by atoms with E-state index in [9.17, 15) is 66.4 Å². The van der Waals surface area contributed by atoms with Crippen molar-refractivity contribution >= 4 is 0 Å². The van der Waals surface area contributed by atoms with Gasteiger partial charge in [0, 0.05) is 6.61 Å². The highest BCUT2D eigenvalue weighted by Crippen LogP contribution is 2.34. The molecule has 300 valence electrons. The Bertz CT molecular complexity index is 1010. The molecule has 22 nitrogen and oxygen atoms in total. The van der Waals surface area contributed by atoms with Crippen LogP contribution in [0.1, 0.15) is 19.3 Å². The third kappa shape index (κ3) is 9.68. The molecule has 12 unspecified atom stereocenters. The van der Waals surface area contributed by atoms with Gasteiger partial charge in [-0.25, -0.2) is 0 Å². The van der Waals surface area contributed by atoms with Crippen molar-refractivity contribution < 1.29 is 104 Å². The molecule has 51 heavy (non-hydrogen) atoms. The monoisotopic (exact) mass is 751 g/mol. The van der Waals surface area contributed by atoms with E-state index in [4.69, 9.17) is 43.6 Å². The van der Waals surface area contributed by atoms with Gasteiger partial charge in [-0.2, -0.15) is 0 Å². The van der Waals surface area contributed by atoms with E-state index < -0.39 is 149 Å². The lowest BCUT2D eigenvalue weighted by molar-refractivity contribution is -0.388. The predicted octanol–water partition coefficient (Wildman–Crippen LogP) is -8.60. The van der Waals surface area contributed by atoms with Crippen molar-refractivity contribution in [1.82, 2.24) is 0 Å². The molecule has 4 heterocycles. The van der Waals surface area contributed by atoms with Gasteiger partial charge in [-0.15, -0.1) is 0 Å². The summed E-state index contributed by atoms with van der Waals surface area (Å²) in [5.41, 5.74) is 5.47. The third-order valence-corrected chi connectivity index (χ3v) is 9.31. The molecule has 0 aromatic carbocycles. The summed E-state index contributed by atoms with van der Waals surface area (Å²) in [6.45, 7) is -2.62. The number of ether oxygens (including phenoxy) is 8. The second-order valence-electron chi connectivity index (χ2n) is 12.8. The van der Waals surface area contributed by atoms with Crippen LogP contribution in [0, 0.1) is 0 Å². The maximum Gasteiger partial charge on any atom is 0.187 e. The zero-order valence-electron chi connectivity index (χ0n) is 27.6. The van der Waals surface area contributed by atoms with E-state index in [0.29, 0.717) is 13.0 Å². The van der Waals surface area contributed by atoms with E-state index in [1.807, 2.05) is 0 Å². The van der Waals surface area contributed by atoms with E-state index >= 15 is 0 Å². The summed E-state index contributed by atoms with van der Waals surface area (Å²) < 4.78 is 44.3. The van der Waals surface area contributed by atoms with Gasteiger partial charge >= 0.3 is 0 Å². The molecule has 4 rings (SSSR count). The highest BCUT2D eigenvalue weighted by atomic mass is 16.8. The Morgan fingerprint density at radius 2 is 0.745 bits per heavy atom. The van der Waals surface area contributed by atoms with Crippen LogP contribution in [0.15, 0.2) is 0 Å². The zero-order chi connectivity index (χ0) is 37.6. The molecule has 15 N–H and O–H groups in total. The first kappa shape index (κ1) is 42.9. The quantitative estimate of drug-likeness (QED) is 0.0651. The van der Waals surface area contributed by atoms with Crippen LogP contribution in [-0.4, -0.2) is 229 Å². The Kier molecular flexibility index (Phi) is 16.5. The summed E-state index contributed by atoms with van der Waals surface area (Å²) in [7, 11) is 0. The first-order valence-corrected chi connectivity index (χ1v) is 16.8. The summed E-state index contributed by atoms with van der Waals surface area (Å²) in [6, 6.07) is 0. The average Bonchev–Trinajstić information content (AvgIpc) is 3.13. The van der Waals surface area contributed by atoms with Gasteiger partial charge in [0.25, 0.3) is 0 Å². The van der Waals surface area contributed by atoms with Crippen LogP contribution in [0.4, 0.5) is 0 Å². The minimum absolute atomic E-state index is 0.162. The van der Waals surface area contributed by atoms with Gasteiger partial charge in [0.05, 0.1) is 26.4 Å². The summed E-state index contributed by atoms with van der Waals surface area (Å²) in [4.78, 5) is 0. The predicted molar refractivity (Wildman–Crippen MR) is 161 cm³/mol. The molecule has 0 radical (unpaired) electrons. The van der Waals surface area contributed by atoms with Crippen LogP contribution in [0.5, 0.6) is 0 Å². The van der Waals surface area contributed by atoms with Crippen LogP contribution < -0.4 is 5.73 Å². The summed E-state index contributed by atoms with van der Waals surface area (Å²) >= 11 is 0. The fourth-order valence-electron chi connectivity index (χ4n) is 6.29. The van der Waals surface area contributed by atoms with Gasteiger partial charge in [-0.3, -0.25) is 0 Å². The van der Waals surface area contributed by atoms with Gasteiger partial charge in [-0.05, 0) is 25.8 Å². The SMILES string of the molecule is NCCCCCO[C@@H]1OC(CO)[C@@H](O[C@H]2OC(CO)[C@H](O[C@H]3OC(CO)[C@@H](O[C@@H]4OC(CO)[C@@H](O)C(O)C4O)C(O)C3O)C(O)C2O)C(O)C1O. The van der Waals surface area contributed by atoms with Crippen LogP contribution in [0.3, 0.4) is 0 Å². The van der Waals surface area contributed by atoms with E-state index in [1.54, 1.807) is 0 Å². The van der Waals surface area contributed by atoms with E-state index in [2.05, 4.69) is 0 Å². The Balaban J connectivity index is 1.39. The largest absolute Gasteiger partial charge is 0.394 e. The van der Waals surface area contributed by atoms with E-state index in [1.165, 1.54) is 0 Å². The number of nitrogens with two attached hydrogens (primary N) is 1. The molecule has 0 amide bonds. The third-order valence-electron chi connectivity index (χ3n) is 9.31. The highest BCUT2D eigenvalue weighted by molar-refractivity contribution is 4.97. The fourth-order valence-corrected chi connectivity index (χ4v) is 6.29. The van der Waals surface area contributed by atoms with Crippen molar-refractivity contribution in [3.8, 4) is 0 Å². The maximum atomic E-state index is 11.0. The van der Waals surface area contributed by atoms with Crippen molar-refractivity contribution in [2.24, 2.45) is 5.73 Å². The molecule has 4 aliphatic rings. The van der Waals surface area contributed by atoms with Crippen molar-refractivity contribution in [2.75, 3.05) is 39.6 Å². The Labute approximate surface area is 292 Å². The first-order valence-electron chi connectivity index (χ1n) is 16.8. The van der Waals surface area contributed by atoms with Crippen LogP contribution in [0.2, 0.25) is 0 Å². The zero-order valence-corrected chi connectivity index (χ0v) is 27.6. The normalized spacial score (nSPS) is 48.1. The molecule has 0 spiro atoms. The van der Waals surface area contributed by atoms with Gasteiger partial charge < -0.3 is 110 Å². The van der Waals surface area contributed by atoms with E-state index in [0.717, 1.165) is 12.8 Å². The average molecular weight is 752 g/mol. The van der Waals surface area contributed by atoms with Gasteiger partial charge in [0.2, 0.25) is 0 Å². The molecule has 0 aromatic heterocycles. The van der Waals surface area contributed by atoms with Crippen molar-refractivity contribution in [2.45, 2.75) is 142 Å². The van der Waals surface area contributed by atoms with Gasteiger partial charge in [-0.1, -0.05) is 0 Å².